The Labute approximate surface area is 225 Å². The van der Waals surface area contributed by atoms with Gasteiger partial charge in [0.2, 0.25) is 0 Å². The predicted molar refractivity (Wildman–Crippen MR) is 147 cm³/mol. The second-order valence-electron chi connectivity index (χ2n) is 6.68. The number of anilines is 1. The second kappa shape index (κ2) is 10.2. The summed E-state index contributed by atoms with van der Waals surface area (Å²) in [4.78, 5) is 17.5. The molecule has 0 unspecified atom stereocenters. The fourth-order valence-electron chi connectivity index (χ4n) is 3.06. The number of amides is 1. The summed E-state index contributed by atoms with van der Waals surface area (Å²) < 4.78 is 7.72. The average Bonchev–Trinajstić information content (AvgIpc) is 3.19. The van der Waals surface area contributed by atoms with Gasteiger partial charge >= 0.3 is 0 Å². The Hall–Kier alpha value is -1.75. The van der Waals surface area contributed by atoms with Crippen LogP contribution in [0.1, 0.15) is 10.4 Å². The van der Waals surface area contributed by atoms with Gasteiger partial charge < -0.3 is 10.1 Å². The number of carbonyl (C=O) groups is 1. The third-order valence-electron chi connectivity index (χ3n) is 4.51. The van der Waals surface area contributed by atoms with E-state index in [4.69, 9.17) is 40.2 Å². The van der Waals surface area contributed by atoms with Gasteiger partial charge in [-0.2, -0.15) is 0 Å². The zero-order valence-corrected chi connectivity index (χ0v) is 23.0. The highest BCUT2D eigenvalue weighted by molar-refractivity contribution is 9.11. The van der Waals surface area contributed by atoms with Crippen LogP contribution in [0.15, 0.2) is 57.5 Å². The highest BCUT2D eigenvalue weighted by atomic mass is 79.9. The number of hydrogen-bond donors (Lipinski definition) is 2. The van der Waals surface area contributed by atoms with Crippen LogP contribution >= 0.6 is 78.6 Å². The summed E-state index contributed by atoms with van der Waals surface area (Å²) in [5, 5.41) is 7.25. The molecule has 0 fully saturated rings. The van der Waals surface area contributed by atoms with Gasteiger partial charge in [-0.1, -0.05) is 51.3 Å². The fraction of sp³-hybridized carbons (Fsp3) is 0.0455. The molecule has 3 aromatic carbocycles. The molecule has 0 aliphatic heterocycles. The van der Waals surface area contributed by atoms with Crippen molar-refractivity contribution >= 4 is 106 Å². The van der Waals surface area contributed by atoms with Crippen LogP contribution in [-0.2, 0) is 0 Å². The first-order valence-corrected chi connectivity index (χ1v) is 12.8. The average molecular weight is 646 g/mol. The highest BCUT2D eigenvalue weighted by Gasteiger charge is 2.19. The van der Waals surface area contributed by atoms with Crippen molar-refractivity contribution in [1.82, 2.24) is 10.3 Å². The molecule has 0 spiro atoms. The predicted octanol–water partition coefficient (Wildman–Crippen LogP) is 7.93. The number of thiocarbonyl (C=S) groups is 1. The molecule has 0 atom stereocenters. The van der Waals surface area contributed by atoms with Gasteiger partial charge in [0.25, 0.3) is 5.91 Å². The molecule has 0 aliphatic carbocycles. The number of rotatable bonds is 4. The summed E-state index contributed by atoms with van der Waals surface area (Å²) in [5.74, 6) is -0.0519. The van der Waals surface area contributed by atoms with Crippen molar-refractivity contribution in [3.63, 3.8) is 0 Å². The van der Waals surface area contributed by atoms with Gasteiger partial charge in [0.15, 0.2) is 5.11 Å². The summed E-state index contributed by atoms with van der Waals surface area (Å²) in [5.41, 5.74) is 2.38. The topological polar surface area (TPSA) is 63.2 Å². The maximum absolute atomic E-state index is 12.8. The number of nitrogens with one attached hydrogen (secondary N) is 2. The van der Waals surface area contributed by atoms with E-state index in [1.54, 1.807) is 24.3 Å². The lowest BCUT2D eigenvalue weighted by Gasteiger charge is -2.15. The Morgan fingerprint density at radius 1 is 1.12 bits per heavy atom. The maximum atomic E-state index is 12.8. The third kappa shape index (κ3) is 5.34. The quantitative estimate of drug-likeness (QED) is 0.221. The number of halogens is 4. The first-order valence-electron chi connectivity index (χ1n) is 9.27. The monoisotopic (exact) mass is 643 g/mol. The van der Waals surface area contributed by atoms with Crippen LogP contribution in [0, 0.1) is 0 Å². The van der Waals surface area contributed by atoms with E-state index in [2.05, 4.69) is 47.5 Å². The van der Waals surface area contributed by atoms with Crippen molar-refractivity contribution in [2.75, 3.05) is 12.4 Å². The summed E-state index contributed by atoms with van der Waals surface area (Å²) >= 11 is 26.5. The van der Waals surface area contributed by atoms with E-state index in [0.29, 0.717) is 41.6 Å². The van der Waals surface area contributed by atoms with E-state index in [9.17, 15) is 4.79 Å². The summed E-state index contributed by atoms with van der Waals surface area (Å²) in [7, 11) is 1.48. The number of para-hydroxylation sites is 1. The molecule has 0 saturated heterocycles. The number of hydrogen-bond acceptors (Lipinski definition) is 5. The van der Waals surface area contributed by atoms with Crippen molar-refractivity contribution < 1.29 is 9.53 Å². The molecule has 2 N–H and O–H groups in total. The number of fused-ring (bicyclic) bond motifs is 1. The molecule has 0 aliphatic rings. The number of carbonyl (C=O) groups excluding carboxylic acids is 1. The molecule has 0 radical (unpaired) electrons. The van der Waals surface area contributed by atoms with Gasteiger partial charge in [-0.3, -0.25) is 10.1 Å². The molecular weight excluding hydrogens is 633 g/mol. The van der Waals surface area contributed by atoms with Crippen LogP contribution in [0.3, 0.4) is 0 Å². The first-order chi connectivity index (χ1) is 15.8. The molecule has 5 nitrogen and oxygen atoms in total. The third-order valence-corrected chi connectivity index (χ3v) is 7.46. The van der Waals surface area contributed by atoms with Crippen LogP contribution < -0.4 is 15.4 Å². The van der Waals surface area contributed by atoms with Crippen molar-refractivity contribution in [1.29, 1.82) is 0 Å². The number of ether oxygens (including phenoxy) is 1. The van der Waals surface area contributed by atoms with Gasteiger partial charge in [0.05, 0.1) is 43.1 Å². The van der Waals surface area contributed by atoms with Crippen molar-refractivity contribution in [2.45, 2.75) is 0 Å². The molecule has 1 amide bonds. The normalized spacial score (nSPS) is 10.8. The lowest BCUT2D eigenvalue weighted by molar-refractivity contribution is 0.0974. The Kier molecular flexibility index (Phi) is 7.57. The van der Waals surface area contributed by atoms with Crippen molar-refractivity contribution in [2.24, 2.45) is 0 Å². The van der Waals surface area contributed by atoms with E-state index < -0.39 is 5.91 Å². The SMILES string of the molecule is COc1c(Br)cc(Br)cc1C(=O)NC(=S)Nc1cc(-c2nc3ccccc3s2)c(Cl)cc1Cl. The van der Waals surface area contributed by atoms with E-state index in [1.165, 1.54) is 18.4 Å². The summed E-state index contributed by atoms with van der Waals surface area (Å²) in [6, 6.07) is 14.6. The molecule has 4 aromatic rings. The largest absolute Gasteiger partial charge is 0.495 e. The maximum Gasteiger partial charge on any atom is 0.261 e. The van der Waals surface area contributed by atoms with Crippen molar-refractivity contribution in [3.05, 3.63) is 73.1 Å². The van der Waals surface area contributed by atoms with Gasteiger partial charge in [0, 0.05) is 10.0 Å². The van der Waals surface area contributed by atoms with Crippen LogP contribution in [0.5, 0.6) is 5.75 Å². The van der Waals surface area contributed by atoms with Gasteiger partial charge in [-0.05, 0) is 64.5 Å². The number of benzene rings is 3. The molecular formula is C22H13Br2Cl2N3O2S2. The molecule has 0 bridgehead atoms. The van der Waals surface area contributed by atoms with Crippen molar-refractivity contribution in [3.8, 4) is 16.3 Å². The van der Waals surface area contributed by atoms with Gasteiger partial charge in [0.1, 0.15) is 10.8 Å². The Morgan fingerprint density at radius 2 is 1.88 bits per heavy atom. The molecule has 0 saturated carbocycles. The first kappa shape index (κ1) is 24.4. The highest BCUT2D eigenvalue weighted by Crippen LogP contribution is 2.39. The second-order valence-corrected chi connectivity index (χ2v) is 10.7. The minimum atomic E-state index is -0.442. The standard InChI is InChI=1S/C22H13Br2Cl2N3O2S2/c1-31-19-12(6-10(23)7-13(19)24)20(30)29-22(32)28-17-8-11(14(25)9-15(17)26)21-27-16-4-2-3-5-18(16)33-21/h2-9H,1H3,(H2,28,29,30,32). The van der Waals surface area contributed by atoms with Crippen LogP contribution in [-0.4, -0.2) is 23.1 Å². The summed E-state index contributed by atoms with van der Waals surface area (Å²) in [6.07, 6.45) is 0. The van der Waals surface area contributed by atoms with E-state index in [1.807, 2.05) is 24.3 Å². The number of methoxy groups -OCH3 is 1. The lowest BCUT2D eigenvalue weighted by Crippen LogP contribution is -2.34. The smallest absolute Gasteiger partial charge is 0.261 e. The van der Waals surface area contributed by atoms with Gasteiger partial charge in [-0.25, -0.2) is 4.98 Å². The van der Waals surface area contributed by atoms with Crippen LogP contribution in [0.4, 0.5) is 5.69 Å². The Balaban J connectivity index is 1.59. The van der Waals surface area contributed by atoms with Crippen LogP contribution in [0.25, 0.3) is 20.8 Å². The summed E-state index contributed by atoms with van der Waals surface area (Å²) in [6.45, 7) is 0. The number of aromatic nitrogens is 1. The van der Waals surface area contributed by atoms with E-state index >= 15 is 0 Å². The molecule has 4 rings (SSSR count). The number of thiazole rings is 1. The zero-order valence-electron chi connectivity index (χ0n) is 16.7. The Morgan fingerprint density at radius 3 is 2.61 bits per heavy atom. The van der Waals surface area contributed by atoms with E-state index in [-0.39, 0.29) is 5.11 Å². The molecule has 33 heavy (non-hydrogen) atoms. The van der Waals surface area contributed by atoms with Gasteiger partial charge in [-0.15, -0.1) is 11.3 Å². The molecule has 168 valence electrons. The minimum absolute atomic E-state index is 0.0672. The van der Waals surface area contributed by atoms with Crippen LogP contribution in [0.2, 0.25) is 10.0 Å². The molecule has 1 heterocycles. The minimum Gasteiger partial charge on any atom is -0.495 e. The molecule has 1 aromatic heterocycles. The Bertz CT molecular complexity index is 1380. The zero-order chi connectivity index (χ0) is 23.7. The fourth-order valence-corrected chi connectivity index (χ4v) is 6.22. The lowest BCUT2D eigenvalue weighted by atomic mass is 10.2. The molecule has 11 heteroatoms. The number of nitrogens with zero attached hydrogens (tertiary/aromatic N) is 1. The van der Waals surface area contributed by atoms with E-state index in [0.717, 1.165) is 15.2 Å².